The van der Waals surface area contributed by atoms with Crippen molar-refractivity contribution in [3.05, 3.63) is 51.7 Å². The maximum absolute atomic E-state index is 12.2. The fourth-order valence-electron chi connectivity index (χ4n) is 2.01. The summed E-state index contributed by atoms with van der Waals surface area (Å²) in [6, 6.07) is 5.97. The number of rotatable bonds is 5. The van der Waals surface area contributed by atoms with Gasteiger partial charge < -0.3 is 4.57 Å². The van der Waals surface area contributed by atoms with Crippen LogP contribution in [-0.4, -0.2) is 30.8 Å². The van der Waals surface area contributed by atoms with E-state index in [1.165, 1.54) is 31.2 Å². The number of nitrogens with one attached hydrogen (secondary N) is 3. The molecule has 11 heteroatoms. The Bertz CT molecular complexity index is 928. The molecule has 2 aromatic rings. The predicted molar refractivity (Wildman–Crippen MR) is 100.0 cm³/mol. The van der Waals surface area contributed by atoms with Crippen molar-refractivity contribution in [3.63, 3.8) is 0 Å². The van der Waals surface area contributed by atoms with Gasteiger partial charge in [-0.25, -0.2) is 8.42 Å². The highest BCUT2D eigenvalue weighted by atomic mass is 79.9. The van der Waals surface area contributed by atoms with E-state index < -0.39 is 27.9 Å². The molecular weight excluding hydrogens is 448 g/mol. The van der Waals surface area contributed by atoms with Crippen LogP contribution in [0.15, 0.2) is 45.9 Å². The summed E-state index contributed by atoms with van der Waals surface area (Å²) in [4.78, 5) is 24.0. The molecule has 8 nitrogen and oxygen atoms in total. The number of carbonyl (C=O) groups excluding carboxylic acids is 2. The smallest absolute Gasteiger partial charge is 0.286 e. The molecule has 0 aliphatic carbocycles. The van der Waals surface area contributed by atoms with E-state index >= 15 is 0 Å². The van der Waals surface area contributed by atoms with Crippen LogP contribution in [0.2, 0.25) is 5.02 Å². The van der Waals surface area contributed by atoms with E-state index in [1.54, 1.807) is 23.9 Å². The molecule has 0 bridgehead atoms. The Morgan fingerprint density at radius 2 is 1.81 bits per heavy atom. The summed E-state index contributed by atoms with van der Waals surface area (Å²) in [6.45, 7) is 1.36. The topological polar surface area (TPSA) is 109 Å². The van der Waals surface area contributed by atoms with Gasteiger partial charge in [0.15, 0.2) is 0 Å². The number of carbonyl (C=O) groups is 2. The minimum Gasteiger partial charge on any atom is -0.345 e. The third kappa shape index (κ3) is 5.07. The zero-order chi connectivity index (χ0) is 19.5. The number of hydrazine groups is 1. The second-order valence-electron chi connectivity index (χ2n) is 5.39. The molecule has 0 fully saturated rings. The normalized spacial score (nSPS) is 12.5. The van der Waals surface area contributed by atoms with E-state index in [2.05, 4.69) is 31.5 Å². The minimum atomic E-state index is -3.91. The van der Waals surface area contributed by atoms with Gasteiger partial charge >= 0.3 is 0 Å². The minimum absolute atomic E-state index is 0.0285. The van der Waals surface area contributed by atoms with Gasteiger partial charge in [0.05, 0.1) is 10.9 Å². The zero-order valence-electron chi connectivity index (χ0n) is 13.8. The van der Waals surface area contributed by atoms with Crippen LogP contribution in [0.4, 0.5) is 0 Å². The zero-order valence-corrected chi connectivity index (χ0v) is 16.9. The maximum atomic E-state index is 12.2. The van der Waals surface area contributed by atoms with Crippen molar-refractivity contribution in [2.24, 2.45) is 7.05 Å². The molecule has 1 heterocycles. The van der Waals surface area contributed by atoms with E-state index in [4.69, 9.17) is 11.6 Å². The van der Waals surface area contributed by atoms with Crippen LogP contribution in [0.1, 0.15) is 17.4 Å². The highest BCUT2D eigenvalue weighted by Gasteiger charge is 2.22. The van der Waals surface area contributed by atoms with Crippen LogP contribution < -0.4 is 15.6 Å². The number of benzene rings is 1. The Balaban J connectivity index is 1.96. The molecule has 0 saturated carbocycles. The van der Waals surface area contributed by atoms with E-state index in [9.17, 15) is 18.0 Å². The lowest BCUT2D eigenvalue weighted by Gasteiger charge is -2.15. The van der Waals surface area contributed by atoms with Gasteiger partial charge in [0.1, 0.15) is 5.69 Å². The lowest BCUT2D eigenvalue weighted by atomic mass is 10.3. The van der Waals surface area contributed by atoms with Crippen molar-refractivity contribution in [1.29, 1.82) is 0 Å². The van der Waals surface area contributed by atoms with Crippen molar-refractivity contribution < 1.29 is 18.0 Å². The highest BCUT2D eigenvalue weighted by molar-refractivity contribution is 9.10. The highest BCUT2D eigenvalue weighted by Crippen LogP contribution is 2.14. The molecule has 1 aromatic heterocycles. The fraction of sp³-hybridized carbons (Fsp3) is 0.200. The largest absolute Gasteiger partial charge is 0.345 e. The van der Waals surface area contributed by atoms with E-state index in [0.29, 0.717) is 15.2 Å². The number of hydrogen-bond donors (Lipinski definition) is 3. The Hall–Kier alpha value is -1.88. The molecule has 2 amide bonds. The molecule has 2 rings (SSSR count). The number of aryl methyl sites for hydroxylation is 1. The summed E-state index contributed by atoms with van der Waals surface area (Å²) < 4.78 is 29.0. The summed E-state index contributed by atoms with van der Waals surface area (Å²) >= 11 is 8.97. The van der Waals surface area contributed by atoms with Gasteiger partial charge in [-0.3, -0.25) is 20.4 Å². The summed E-state index contributed by atoms with van der Waals surface area (Å²) in [5.74, 6) is -1.26. The molecule has 0 aliphatic heterocycles. The number of hydrogen-bond acceptors (Lipinski definition) is 4. The van der Waals surface area contributed by atoms with Crippen molar-refractivity contribution in [2.45, 2.75) is 17.9 Å². The Morgan fingerprint density at radius 1 is 1.19 bits per heavy atom. The predicted octanol–water partition coefficient (Wildman–Crippen LogP) is 1.57. The van der Waals surface area contributed by atoms with Gasteiger partial charge in [-0.2, -0.15) is 4.72 Å². The molecule has 0 unspecified atom stereocenters. The monoisotopic (exact) mass is 462 g/mol. The number of halogens is 2. The van der Waals surface area contributed by atoms with E-state index in [1.807, 2.05) is 0 Å². The van der Waals surface area contributed by atoms with Gasteiger partial charge in [-0.05, 0) is 53.2 Å². The standard InChI is InChI=1S/C15H16BrClN4O4S/c1-9(20-26(24,25)12-5-3-11(17)4-6-12)14(22)18-19-15(23)13-7-10(16)8-21(13)2/h3-9,20H,1-2H3,(H,18,22)(H,19,23)/t9-/m0/s1. The molecule has 140 valence electrons. The fourth-order valence-corrected chi connectivity index (χ4v) is 3.86. The first-order chi connectivity index (χ1) is 12.1. The third-order valence-electron chi connectivity index (χ3n) is 3.35. The summed E-state index contributed by atoms with van der Waals surface area (Å²) in [5, 5.41) is 0.393. The van der Waals surface area contributed by atoms with E-state index in [0.717, 1.165) is 0 Å². The second kappa shape index (κ2) is 8.21. The summed E-state index contributed by atoms with van der Waals surface area (Å²) in [7, 11) is -2.24. The summed E-state index contributed by atoms with van der Waals surface area (Å²) in [5.41, 5.74) is 4.73. The number of amides is 2. The van der Waals surface area contributed by atoms with Gasteiger partial charge in [-0.15, -0.1) is 0 Å². The SMILES string of the molecule is C[C@H](NS(=O)(=O)c1ccc(Cl)cc1)C(=O)NNC(=O)c1cc(Br)cn1C. The van der Waals surface area contributed by atoms with Crippen molar-refractivity contribution >= 4 is 49.4 Å². The average Bonchev–Trinajstić information content (AvgIpc) is 2.90. The van der Waals surface area contributed by atoms with Gasteiger partial charge in [0, 0.05) is 22.7 Å². The second-order valence-corrected chi connectivity index (χ2v) is 8.46. The van der Waals surface area contributed by atoms with Crippen LogP contribution >= 0.6 is 27.5 Å². The first-order valence-electron chi connectivity index (χ1n) is 7.30. The number of aromatic nitrogens is 1. The molecule has 26 heavy (non-hydrogen) atoms. The first-order valence-corrected chi connectivity index (χ1v) is 9.95. The van der Waals surface area contributed by atoms with Crippen LogP contribution in [0, 0.1) is 0 Å². The Labute approximate surface area is 164 Å². The van der Waals surface area contributed by atoms with Gasteiger partial charge in [0.25, 0.3) is 11.8 Å². The molecular formula is C15H16BrClN4O4S. The lowest BCUT2D eigenvalue weighted by molar-refractivity contribution is -0.123. The van der Waals surface area contributed by atoms with Gasteiger partial charge in [0.2, 0.25) is 10.0 Å². The van der Waals surface area contributed by atoms with Crippen LogP contribution in [0.3, 0.4) is 0 Å². The molecule has 1 atom stereocenters. The van der Waals surface area contributed by atoms with E-state index in [-0.39, 0.29) is 4.90 Å². The van der Waals surface area contributed by atoms with Crippen molar-refractivity contribution in [2.75, 3.05) is 0 Å². The average molecular weight is 464 g/mol. The molecule has 0 radical (unpaired) electrons. The maximum Gasteiger partial charge on any atom is 0.286 e. The molecule has 0 spiro atoms. The van der Waals surface area contributed by atoms with Crippen molar-refractivity contribution in [1.82, 2.24) is 20.1 Å². The third-order valence-corrected chi connectivity index (χ3v) is 5.59. The molecule has 0 saturated heterocycles. The van der Waals surface area contributed by atoms with Crippen LogP contribution in [0.5, 0.6) is 0 Å². The van der Waals surface area contributed by atoms with Crippen LogP contribution in [-0.2, 0) is 21.9 Å². The first kappa shape index (κ1) is 20.4. The number of nitrogens with zero attached hydrogens (tertiary/aromatic N) is 1. The molecule has 1 aromatic carbocycles. The Kier molecular flexibility index (Phi) is 6.45. The lowest BCUT2D eigenvalue weighted by Crippen LogP contribution is -2.51. The summed E-state index contributed by atoms with van der Waals surface area (Å²) in [6.07, 6.45) is 1.68. The Morgan fingerprint density at radius 3 is 2.35 bits per heavy atom. The van der Waals surface area contributed by atoms with Gasteiger partial charge in [-0.1, -0.05) is 11.6 Å². The van der Waals surface area contributed by atoms with Crippen LogP contribution in [0.25, 0.3) is 0 Å². The molecule has 3 N–H and O–H groups in total. The number of sulfonamides is 1. The molecule has 0 aliphatic rings. The quantitative estimate of drug-likeness (QED) is 0.585. The van der Waals surface area contributed by atoms with Crippen molar-refractivity contribution in [3.8, 4) is 0 Å².